The van der Waals surface area contributed by atoms with Crippen LogP contribution in [0.1, 0.15) is 52.7 Å². The minimum atomic E-state index is -0.353. The Morgan fingerprint density at radius 1 is 0.252 bits per heavy atom. The Kier molecular flexibility index (Phi) is 15.0. The van der Waals surface area contributed by atoms with Crippen molar-refractivity contribution in [1.82, 2.24) is 9.13 Å². The van der Waals surface area contributed by atoms with Gasteiger partial charge in [-0.15, -0.1) is 0 Å². The Hall–Kier alpha value is -14.5. The normalized spacial score (nSPS) is 13.3. The van der Waals surface area contributed by atoms with Gasteiger partial charge in [0.05, 0.1) is 39.1 Å². The molecule has 0 amide bonds. The van der Waals surface area contributed by atoms with Crippen molar-refractivity contribution in [3.05, 3.63) is 381 Å². The average molecular weight is 1520 g/mol. The number of aromatic nitrogens is 2. The summed E-state index contributed by atoms with van der Waals surface area (Å²) in [5.74, 6) is 1.66. The molecule has 4 aliphatic rings. The lowest BCUT2D eigenvalue weighted by atomic mass is 9.30. The molecule has 7 heterocycles. The highest BCUT2D eigenvalue weighted by Crippen LogP contribution is 2.56. The fourth-order valence-electron chi connectivity index (χ4n) is 20.4. The molecule has 0 unspecified atom stereocenters. The molecule has 0 spiro atoms. The van der Waals surface area contributed by atoms with Gasteiger partial charge in [-0.05, 0) is 162 Å². The Labute approximate surface area is 692 Å². The molecule has 0 radical (unpaired) electrons. The molecule has 119 heavy (non-hydrogen) atoms. The number of furan rings is 1. The average Bonchev–Trinajstić information content (AvgIpc) is 1.24. The maximum Gasteiger partial charge on any atom is 0.256 e. The third kappa shape index (κ3) is 10.4. The zero-order chi connectivity index (χ0) is 79.3. The number of para-hydroxylation sites is 8. The van der Waals surface area contributed by atoms with Gasteiger partial charge in [0, 0.05) is 106 Å². The number of anilines is 9. The van der Waals surface area contributed by atoms with Gasteiger partial charge in [0.15, 0.2) is 5.58 Å². The molecule has 0 N–H and O–H groups in total. The van der Waals surface area contributed by atoms with Crippen LogP contribution in [0.2, 0.25) is 0 Å². The van der Waals surface area contributed by atoms with Crippen LogP contribution < -0.4 is 52.2 Å². The number of hydrogen-bond donors (Lipinski definition) is 0. The van der Waals surface area contributed by atoms with E-state index in [9.17, 15) is 0 Å². The summed E-state index contributed by atoms with van der Waals surface area (Å²) in [4.78, 5) is 7.89. The van der Waals surface area contributed by atoms with Crippen molar-refractivity contribution in [3.63, 3.8) is 0 Å². The van der Waals surface area contributed by atoms with Crippen LogP contribution in [0.25, 0.3) is 121 Å². The quantitative estimate of drug-likeness (QED) is 0.135. The molecule has 9 heteroatoms. The minimum absolute atomic E-state index is 0.323. The summed E-state index contributed by atoms with van der Waals surface area (Å²) < 4.78 is 20.5. The van der Waals surface area contributed by atoms with Crippen LogP contribution in [-0.4, -0.2) is 22.6 Å². The second-order valence-electron chi connectivity index (χ2n) is 34.6. The van der Waals surface area contributed by atoms with E-state index in [1.54, 1.807) is 0 Å². The smallest absolute Gasteiger partial charge is 0.256 e. The molecule has 4 aliphatic heterocycles. The summed E-state index contributed by atoms with van der Waals surface area (Å²) in [5, 5.41) is 6.98. The predicted octanol–water partition coefficient (Wildman–Crippen LogP) is 25.5. The maximum atomic E-state index is 8.18. The number of fused-ring (bicyclic) bond motifs is 17. The largest absolute Gasteiger partial charge is 0.458 e. The van der Waals surface area contributed by atoms with Crippen LogP contribution in [0.5, 0.6) is 11.5 Å². The standard InChI is InChI=1S/C110H79B2N5O2/c1-109(2,3)72-60-98-104-99(61-72)117(107-78(70-36-15-9-16-37-70)47-30-48-79(107)71-38-17-10-18-39-71)97-67-102-89(66-88(97)111(104)86-58-56-74(113-90-50-24-19-40-80(90)81-41-20-25-51-91(81)113)64-95(86)115(98)94-54-31-49-85-84-44-23-28-55-101(84)119-108(85)94)112-87-59-57-75(114-92-52-26-21-42-82(92)83-43-22-27-53-93(83)114)65-96(87)116(100-62-73(110(4,5)6)63-103(118-102)105(100)112)106-76(68-32-11-7-12-33-68)45-29-46-77(106)69-34-13-8-14-35-69/h7-67H,1-6H3. The highest BCUT2D eigenvalue weighted by molar-refractivity contribution is 7.02. The highest BCUT2D eigenvalue weighted by atomic mass is 16.5. The van der Waals surface area contributed by atoms with Crippen molar-refractivity contribution >= 4 is 163 Å². The molecule has 0 saturated heterocycles. The van der Waals surface area contributed by atoms with Crippen molar-refractivity contribution in [2.24, 2.45) is 0 Å². The third-order valence-electron chi connectivity index (χ3n) is 25.8. The fraction of sp³-hybridized carbons (Fsp3) is 0.0727. The molecule has 20 aromatic rings. The number of ether oxygens (including phenoxy) is 1. The Bertz CT molecular complexity index is 7420. The van der Waals surface area contributed by atoms with Gasteiger partial charge in [0.2, 0.25) is 0 Å². The van der Waals surface area contributed by atoms with Gasteiger partial charge in [0.25, 0.3) is 13.4 Å². The molecule has 0 bridgehead atoms. The molecule has 7 nitrogen and oxygen atoms in total. The third-order valence-corrected chi connectivity index (χ3v) is 25.8. The van der Waals surface area contributed by atoms with Gasteiger partial charge in [-0.1, -0.05) is 321 Å². The van der Waals surface area contributed by atoms with E-state index in [1.165, 1.54) is 54.5 Å². The second-order valence-corrected chi connectivity index (χ2v) is 34.6. The summed E-state index contributed by atoms with van der Waals surface area (Å²) >= 11 is 0. The van der Waals surface area contributed by atoms with Gasteiger partial charge in [0.1, 0.15) is 17.1 Å². The molecular weight excluding hydrogens is 1440 g/mol. The molecule has 0 aliphatic carbocycles. The minimum Gasteiger partial charge on any atom is -0.458 e. The van der Waals surface area contributed by atoms with Gasteiger partial charge >= 0.3 is 0 Å². The van der Waals surface area contributed by atoms with E-state index in [1.807, 2.05) is 0 Å². The molecule has 0 saturated carbocycles. The lowest BCUT2D eigenvalue weighted by molar-refractivity contribution is 0.483. The first-order valence-corrected chi connectivity index (χ1v) is 41.6. The van der Waals surface area contributed by atoms with Crippen LogP contribution in [0.15, 0.2) is 374 Å². The lowest BCUT2D eigenvalue weighted by Gasteiger charge is -2.47. The summed E-state index contributed by atoms with van der Waals surface area (Å²) in [6, 6.07) is 138. The molecule has 24 rings (SSSR count). The van der Waals surface area contributed by atoms with Crippen molar-refractivity contribution in [2.75, 3.05) is 14.7 Å². The highest BCUT2D eigenvalue weighted by Gasteiger charge is 2.50. The van der Waals surface area contributed by atoms with Gasteiger partial charge < -0.3 is 33.0 Å². The zero-order valence-electron chi connectivity index (χ0n) is 66.9. The van der Waals surface area contributed by atoms with Gasteiger partial charge in [-0.2, -0.15) is 0 Å². The van der Waals surface area contributed by atoms with Crippen LogP contribution in [0.4, 0.5) is 51.2 Å². The zero-order valence-corrected chi connectivity index (χ0v) is 66.9. The first kappa shape index (κ1) is 68.8. The topological polar surface area (TPSA) is 42.0 Å². The lowest BCUT2D eigenvalue weighted by Crippen LogP contribution is -2.64. The van der Waals surface area contributed by atoms with Crippen LogP contribution >= 0.6 is 0 Å². The molecular formula is C110H79B2N5O2. The van der Waals surface area contributed by atoms with Crippen molar-refractivity contribution in [1.29, 1.82) is 0 Å². The SMILES string of the molecule is CC(C)(C)c1cc2c3c(c1)N(c1c(-c4ccccc4)cccc1-c1ccccc1)c1cc(-n4c5ccccc5c5ccccc54)ccc1B3c1cc3c(cc1O2)N(c1c(-c2ccccc2)cccc1-c1ccccc1)c1cc(C(C)(C)C)cc2c1B3c1ccc(-n3c4ccccc4c4ccccc43)cc1N2c1cccc2c1oc1ccccc12. The van der Waals surface area contributed by atoms with Gasteiger partial charge in [-0.25, -0.2) is 0 Å². The Balaban J connectivity index is 0.845. The maximum absolute atomic E-state index is 8.18. The van der Waals surface area contributed by atoms with Crippen LogP contribution in [0, 0.1) is 0 Å². The van der Waals surface area contributed by atoms with E-state index in [-0.39, 0.29) is 24.3 Å². The number of benzene rings is 17. The van der Waals surface area contributed by atoms with E-state index in [2.05, 4.69) is 435 Å². The second kappa shape index (κ2) is 26.0. The summed E-state index contributed by atoms with van der Waals surface area (Å²) in [6.45, 7) is 13.4. The number of nitrogens with zero attached hydrogens (tertiary/aromatic N) is 5. The predicted molar refractivity (Wildman–Crippen MR) is 501 cm³/mol. The summed E-state index contributed by atoms with van der Waals surface area (Å²) in [5.41, 5.74) is 35.6. The van der Waals surface area contributed by atoms with Crippen LogP contribution in [-0.2, 0) is 10.8 Å². The Morgan fingerprint density at radius 2 is 0.622 bits per heavy atom. The van der Waals surface area contributed by atoms with E-state index >= 15 is 0 Å². The fourth-order valence-corrected chi connectivity index (χ4v) is 20.4. The summed E-state index contributed by atoms with van der Waals surface area (Å²) in [7, 11) is 0. The molecule has 17 aromatic carbocycles. The van der Waals surface area contributed by atoms with E-state index in [0.717, 1.165) is 173 Å². The first-order valence-electron chi connectivity index (χ1n) is 41.6. The first-order chi connectivity index (χ1) is 58.3. The summed E-state index contributed by atoms with van der Waals surface area (Å²) in [6.07, 6.45) is 0. The molecule has 562 valence electrons. The molecule has 0 atom stereocenters. The van der Waals surface area contributed by atoms with E-state index in [0.29, 0.717) is 0 Å². The van der Waals surface area contributed by atoms with Crippen molar-refractivity contribution in [3.8, 4) is 67.4 Å². The Morgan fingerprint density at radius 3 is 1.08 bits per heavy atom. The monoisotopic (exact) mass is 1520 g/mol. The van der Waals surface area contributed by atoms with Gasteiger partial charge in [-0.3, -0.25) is 0 Å². The molecule has 0 fully saturated rings. The van der Waals surface area contributed by atoms with E-state index in [4.69, 9.17) is 9.15 Å². The number of rotatable bonds is 9. The van der Waals surface area contributed by atoms with Crippen molar-refractivity contribution < 1.29 is 9.15 Å². The number of hydrogen-bond acceptors (Lipinski definition) is 5. The molecule has 3 aromatic heterocycles. The van der Waals surface area contributed by atoms with Crippen LogP contribution in [0.3, 0.4) is 0 Å². The van der Waals surface area contributed by atoms with E-state index < -0.39 is 0 Å². The van der Waals surface area contributed by atoms with Crippen molar-refractivity contribution in [2.45, 2.75) is 52.4 Å².